The molecule has 0 aliphatic heterocycles. The molecule has 2 rings (SSSR count). The standard InChI is InChI=1S/C14H22N2O/c1-2-3-4-7-10-16-11-15-13-9-6-5-8-12(13)14(16)17/h11H,2-10H2,1H3. The zero-order chi connectivity index (χ0) is 12.1. The van der Waals surface area contributed by atoms with Gasteiger partial charge in [-0.15, -0.1) is 0 Å². The first-order valence-corrected chi connectivity index (χ1v) is 6.90. The largest absolute Gasteiger partial charge is 0.299 e. The van der Waals surface area contributed by atoms with Gasteiger partial charge in [0.05, 0.1) is 12.0 Å². The molecule has 94 valence electrons. The second-order valence-electron chi connectivity index (χ2n) is 4.94. The average Bonchev–Trinajstić information content (AvgIpc) is 2.37. The molecule has 0 aromatic carbocycles. The summed E-state index contributed by atoms with van der Waals surface area (Å²) >= 11 is 0. The van der Waals surface area contributed by atoms with Crippen LogP contribution in [0.25, 0.3) is 0 Å². The normalized spacial score (nSPS) is 14.6. The molecule has 1 heterocycles. The van der Waals surface area contributed by atoms with Crippen LogP contribution in [-0.4, -0.2) is 9.55 Å². The molecule has 0 spiro atoms. The first-order chi connectivity index (χ1) is 8.33. The number of hydrogen-bond acceptors (Lipinski definition) is 2. The molecule has 0 saturated carbocycles. The molecule has 1 aliphatic rings. The van der Waals surface area contributed by atoms with Gasteiger partial charge in [0.15, 0.2) is 0 Å². The van der Waals surface area contributed by atoms with Gasteiger partial charge in [-0.05, 0) is 32.1 Å². The van der Waals surface area contributed by atoms with Crippen LogP contribution in [0.15, 0.2) is 11.1 Å². The molecule has 1 aromatic heterocycles. The summed E-state index contributed by atoms with van der Waals surface area (Å²) in [6.07, 6.45) is 10.8. The molecule has 3 nitrogen and oxygen atoms in total. The highest BCUT2D eigenvalue weighted by molar-refractivity contribution is 5.19. The number of hydrogen-bond donors (Lipinski definition) is 0. The Morgan fingerprint density at radius 2 is 2.06 bits per heavy atom. The SMILES string of the molecule is CCCCCCn1cnc2c(c1=O)CCCC2. The molecule has 17 heavy (non-hydrogen) atoms. The highest BCUT2D eigenvalue weighted by Gasteiger charge is 2.15. The maximum atomic E-state index is 12.2. The van der Waals surface area contributed by atoms with Gasteiger partial charge >= 0.3 is 0 Å². The maximum absolute atomic E-state index is 12.2. The topological polar surface area (TPSA) is 34.9 Å². The van der Waals surface area contributed by atoms with Crippen LogP contribution in [0.3, 0.4) is 0 Å². The van der Waals surface area contributed by atoms with E-state index in [1.807, 2.05) is 0 Å². The predicted molar refractivity (Wildman–Crippen MR) is 69.3 cm³/mol. The lowest BCUT2D eigenvalue weighted by molar-refractivity contribution is 0.547. The van der Waals surface area contributed by atoms with Crippen LogP contribution in [0, 0.1) is 0 Å². The summed E-state index contributed by atoms with van der Waals surface area (Å²) in [5.74, 6) is 0. The second kappa shape index (κ2) is 5.99. The monoisotopic (exact) mass is 234 g/mol. The van der Waals surface area contributed by atoms with Crippen molar-refractivity contribution < 1.29 is 0 Å². The number of nitrogens with zero attached hydrogens (tertiary/aromatic N) is 2. The van der Waals surface area contributed by atoms with E-state index in [1.165, 1.54) is 25.7 Å². The van der Waals surface area contributed by atoms with E-state index in [2.05, 4.69) is 11.9 Å². The number of rotatable bonds is 5. The fourth-order valence-corrected chi connectivity index (χ4v) is 2.50. The molecule has 0 atom stereocenters. The van der Waals surface area contributed by atoms with Crippen LogP contribution in [0.4, 0.5) is 0 Å². The highest BCUT2D eigenvalue weighted by Crippen LogP contribution is 2.15. The molecule has 0 unspecified atom stereocenters. The molecule has 1 aliphatic carbocycles. The summed E-state index contributed by atoms with van der Waals surface area (Å²) in [5, 5.41) is 0. The van der Waals surface area contributed by atoms with Crippen molar-refractivity contribution in [2.45, 2.75) is 64.8 Å². The van der Waals surface area contributed by atoms with Crippen molar-refractivity contribution in [3.05, 3.63) is 27.9 Å². The van der Waals surface area contributed by atoms with E-state index in [1.54, 1.807) is 10.9 Å². The van der Waals surface area contributed by atoms with Gasteiger partial charge in [-0.3, -0.25) is 9.36 Å². The van der Waals surface area contributed by atoms with Crippen LogP contribution in [0.5, 0.6) is 0 Å². The van der Waals surface area contributed by atoms with Gasteiger partial charge in [0.25, 0.3) is 5.56 Å². The Morgan fingerprint density at radius 1 is 1.24 bits per heavy atom. The molecule has 0 fully saturated rings. The lowest BCUT2D eigenvalue weighted by Crippen LogP contribution is -2.28. The van der Waals surface area contributed by atoms with Gasteiger partial charge in [-0.2, -0.15) is 0 Å². The van der Waals surface area contributed by atoms with E-state index in [9.17, 15) is 4.79 Å². The van der Waals surface area contributed by atoms with Crippen molar-refractivity contribution >= 4 is 0 Å². The lowest BCUT2D eigenvalue weighted by Gasteiger charge is -2.15. The summed E-state index contributed by atoms with van der Waals surface area (Å²) < 4.78 is 1.81. The van der Waals surface area contributed by atoms with Crippen molar-refractivity contribution in [1.29, 1.82) is 0 Å². The van der Waals surface area contributed by atoms with Crippen molar-refractivity contribution in [3.8, 4) is 0 Å². The van der Waals surface area contributed by atoms with Gasteiger partial charge in [0.2, 0.25) is 0 Å². The van der Waals surface area contributed by atoms with Gasteiger partial charge in [-0.25, -0.2) is 4.98 Å². The Morgan fingerprint density at radius 3 is 2.88 bits per heavy atom. The van der Waals surface area contributed by atoms with Crippen LogP contribution in [0.2, 0.25) is 0 Å². The molecule has 1 aromatic rings. The average molecular weight is 234 g/mol. The summed E-state index contributed by atoms with van der Waals surface area (Å²) in [7, 11) is 0. The van der Waals surface area contributed by atoms with Crippen molar-refractivity contribution in [2.24, 2.45) is 0 Å². The molecular weight excluding hydrogens is 212 g/mol. The number of aromatic nitrogens is 2. The van der Waals surface area contributed by atoms with E-state index in [-0.39, 0.29) is 5.56 Å². The Labute approximate surface area is 103 Å². The van der Waals surface area contributed by atoms with Crippen molar-refractivity contribution in [2.75, 3.05) is 0 Å². The minimum absolute atomic E-state index is 0.214. The Kier molecular flexibility index (Phi) is 4.35. The summed E-state index contributed by atoms with van der Waals surface area (Å²) in [6.45, 7) is 3.03. The predicted octanol–water partition coefficient (Wildman–Crippen LogP) is 2.70. The van der Waals surface area contributed by atoms with E-state index in [0.717, 1.165) is 43.5 Å². The maximum Gasteiger partial charge on any atom is 0.256 e. The summed E-state index contributed by atoms with van der Waals surface area (Å²) in [4.78, 5) is 16.6. The first kappa shape index (κ1) is 12.3. The van der Waals surface area contributed by atoms with E-state index in [0.29, 0.717) is 0 Å². The van der Waals surface area contributed by atoms with Crippen LogP contribution < -0.4 is 5.56 Å². The van der Waals surface area contributed by atoms with Crippen LogP contribution in [0.1, 0.15) is 56.7 Å². The van der Waals surface area contributed by atoms with E-state index >= 15 is 0 Å². The molecule has 3 heteroatoms. The van der Waals surface area contributed by atoms with E-state index in [4.69, 9.17) is 0 Å². The van der Waals surface area contributed by atoms with Gasteiger partial charge in [-0.1, -0.05) is 26.2 Å². The quantitative estimate of drug-likeness (QED) is 0.734. The molecule has 0 bridgehead atoms. The minimum Gasteiger partial charge on any atom is -0.299 e. The number of fused-ring (bicyclic) bond motifs is 1. The smallest absolute Gasteiger partial charge is 0.256 e. The highest BCUT2D eigenvalue weighted by atomic mass is 16.1. The molecule has 0 N–H and O–H groups in total. The Bertz CT molecular complexity index is 423. The van der Waals surface area contributed by atoms with Crippen molar-refractivity contribution in [3.63, 3.8) is 0 Å². The van der Waals surface area contributed by atoms with Gasteiger partial charge < -0.3 is 0 Å². The zero-order valence-corrected chi connectivity index (χ0v) is 10.7. The molecule has 0 saturated heterocycles. The van der Waals surface area contributed by atoms with E-state index < -0.39 is 0 Å². The third-order valence-corrected chi connectivity index (χ3v) is 3.56. The van der Waals surface area contributed by atoms with Crippen molar-refractivity contribution in [1.82, 2.24) is 9.55 Å². The third-order valence-electron chi connectivity index (χ3n) is 3.56. The number of aryl methyl sites for hydroxylation is 2. The molecule has 0 amide bonds. The Balaban J connectivity index is 2.05. The zero-order valence-electron chi connectivity index (χ0n) is 10.7. The lowest BCUT2D eigenvalue weighted by atomic mass is 9.97. The minimum atomic E-state index is 0.214. The number of unbranched alkanes of at least 4 members (excludes halogenated alkanes) is 3. The fourth-order valence-electron chi connectivity index (χ4n) is 2.50. The van der Waals surface area contributed by atoms with Crippen LogP contribution >= 0.6 is 0 Å². The second-order valence-corrected chi connectivity index (χ2v) is 4.94. The summed E-state index contributed by atoms with van der Waals surface area (Å²) in [5.41, 5.74) is 2.24. The fraction of sp³-hybridized carbons (Fsp3) is 0.714. The Hall–Kier alpha value is -1.12. The van der Waals surface area contributed by atoms with Crippen LogP contribution in [-0.2, 0) is 19.4 Å². The molecule has 0 radical (unpaired) electrons. The first-order valence-electron chi connectivity index (χ1n) is 6.90. The van der Waals surface area contributed by atoms with Gasteiger partial charge in [0, 0.05) is 12.1 Å². The van der Waals surface area contributed by atoms with Gasteiger partial charge in [0.1, 0.15) is 0 Å². The summed E-state index contributed by atoms with van der Waals surface area (Å²) in [6, 6.07) is 0. The third kappa shape index (κ3) is 2.96. The molecular formula is C14H22N2O.